The number of thioether (sulfide) groups is 1. The molecular weight excluding hydrogens is 370 g/mol. The van der Waals surface area contributed by atoms with Crippen LogP contribution in [0, 0.1) is 0 Å². The van der Waals surface area contributed by atoms with E-state index < -0.39 is 10.0 Å². The minimum Gasteiger partial charge on any atom is -0.333 e. The number of sulfonamides is 1. The summed E-state index contributed by atoms with van der Waals surface area (Å²) in [5.41, 5.74) is 1.02. The molecule has 1 aliphatic rings. The van der Waals surface area contributed by atoms with Crippen LogP contribution >= 0.6 is 23.4 Å². The summed E-state index contributed by atoms with van der Waals surface area (Å²) in [4.78, 5) is 12.1. The van der Waals surface area contributed by atoms with Crippen LogP contribution in [0.5, 0.6) is 0 Å². The molecule has 1 amide bonds. The van der Waals surface area contributed by atoms with Gasteiger partial charge in [0.05, 0.1) is 11.4 Å². The van der Waals surface area contributed by atoms with Crippen molar-refractivity contribution < 1.29 is 13.2 Å². The Morgan fingerprint density at radius 1 is 1.21 bits per heavy atom. The van der Waals surface area contributed by atoms with Gasteiger partial charge >= 0.3 is 0 Å². The fraction of sp³-hybridized carbons (Fsp3) is 0.0667. The second-order valence-corrected chi connectivity index (χ2v) is 7.81. The van der Waals surface area contributed by atoms with Gasteiger partial charge in [0.25, 0.3) is 10.0 Å². The van der Waals surface area contributed by atoms with Crippen molar-refractivity contribution in [1.82, 2.24) is 0 Å². The lowest BCUT2D eigenvalue weighted by atomic mass is 10.3. The number of fused-ring (bicyclic) bond motifs is 1. The predicted octanol–water partition coefficient (Wildman–Crippen LogP) is 3.18. The van der Waals surface area contributed by atoms with Crippen molar-refractivity contribution >= 4 is 55.8 Å². The number of carbonyl (C=O) groups excluding carboxylic acids is 1. The SMILES string of the molecule is O=C(CSC1=NS(=O)(=O)c2ccccc2N1)Nc1cccc(Cl)c1. The molecule has 0 fully saturated rings. The van der Waals surface area contributed by atoms with Crippen LogP contribution in [0.15, 0.2) is 57.8 Å². The van der Waals surface area contributed by atoms with Gasteiger partial charge in [0, 0.05) is 10.7 Å². The lowest BCUT2D eigenvalue weighted by Gasteiger charge is -2.17. The van der Waals surface area contributed by atoms with Crippen LogP contribution < -0.4 is 10.6 Å². The first-order chi connectivity index (χ1) is 11.4. The van der Waals surface area contributed by atoms with E-state index in [2.05, 4.69) is 15.0 Å². The molecule has 0 aliphatic carbocycles. The summed E-state index contributed by atoms with van der Waals surface area (Å²) in [6.45, 7) is 0. The van der Waals surface area contributed by atoms with Crippen LogP contribution in [0.3, 0.4) is 0 Å². The number of carbonyl (C=O) groups is 1. The van der Waals surface area contributed by atoms with E-state index in [9.17, 15) is 13.2 Å². The van der Waals surface area contributed by atoms with E-state index in [-0.39, 0.29) is 21.7 Å². The maximum atomic E-state index is 12.1. The summed E-state index contributed by atoms with van der Waals surface area (Å²) in [6, 6.07) is 13.2. The molecule has 0 unspecified atom stereocenters. The van der Waals surface area contributed by atoms with Gasteiger partial charge in [0.2, 0.25) is 5.91 Å². The summed E-state index contributed by atoms with van der Waals surface area (Å²) < 4.78 is 27.9. The zero-order valence-corrected chi connectivity index (χ0v) is 14.6. The maximum absolute atomic E-state index is 12.1. The predicted molar refractivity (Wildman–Crippen MR) is 97.2 cm³/mol. The first-order valence-electron chi connectivity index (χ1n) is 6.83. The molecule has 2 aromatic carbocycles. The smallest absolute Gasteiger partial charge is 0.286 e. The third-order valence-corrected chi connectivity index (χ3v) is 5.62. The molecule has 3 rings (SSSR count). The molecule has 6 nitrogen and oxygen atoms in total. The van der Waals surface area contributed by atoms with Gasteiger partial charge in [-0.15, -0.1) is 4.40 Å². The number of nitrogens with zero attached hydrogens (tertiary/aromatic N) is 1. The number of nitrogens with one attached hydrogen (secondary N) is 2. The fourth-order valence-electron chi connectivity index (χ4n) is 2.05. The molecule has 0 spiro atoms. The van der Waals surface area contributed by atoms with Crippen molar-refractivity contribution in [2.45, 2.75) is 4.90 Å². The Labute approximate surface area is 148 Å². The van der Waals surface area contributed by atoms with E-state index >= 15 is 0 Å². The maximum Gasteiger partial charge on any atom is 0.286 e. The third-order valence-electron chi connectivity index (χ3n) is 3.06. The molecule has 24 heavy (non-hydrogen) atoms. The van der Waals surface area contributed by atoms with E-state index in [1.54, 1.807) is 42.5 Å². The third kappa shape index (κ3) is 3.89. The Morgan fingerprint density at radius 2 is 2.00 bits per heavy atom. The van der Waals surface area contributed by atoms with Crippen LogP contribution in [0.2, 0.25) is 5.02 Å². The monoisotopic (exact) mass is 381 g/mol. The van der Waals surface area contributed by atoms with Crippen molar-refractivity contribution in [2.24, 2.45) is 4.40 Å². The van der Waals surface area contributed by atoms with Crippen LogP contribution in [0.1, 0.15) is 0 Å². The fourth-order valence-corrected chi connectivity index (χ4v) is 4.28. The van der Waals surface area contributed by atoms with E-state index in [4.69, 9.17) is 11.6 Å². The van der Waals surface area contributed by atoms with Gasteiger partial charge in [-0.2, -0.15) is 8.42 Å². The molecule has 0 bridgehead atoms. The lowest BCUT2D eigenvalue weighted by Crippen LogP contribution is -2.22. The van der Waals surface area contributed by atoms with Crippen LogP contribution in [-0.4, -0.2) is 25.2 Å². The minimum absolute atomic E-state index is 0.00995. The molecule has 0 radical (unpaired) electrons. The summed E-state index contributed by atoms with van der Waals surface area (Å²) in [5, 5.41) is 6.28. The summed E-state index contributed by atoms with van der Waals surface area (Å²) in [5.74, 6) is -0.279. The normalized spacial score (nSPS) is 15.0. The zero-order valence-electron chi connectivity index (χ0n) is 12.2. The second kappa shape index (κ2) is 6.84. The highest BCUT2D eigenvalue weighted by Crippen LogP contribution is 2.29. The van der Waals surface area contributed by atoms with E-state index in [0.717, 1.165) is 11.8 Å². The number of hydrogen-bond acceptors (Lipinski definition) is 5. The summed E-state index contributed by atoms with van der Waals surface area (Å²) in [6.07, 6.45) is 0. The van der Waals surface area contributed by atoms with Gasteiger partial charge in [0.15, 0.2) is 5.17 Å². The van der Waals surface area contributed by atoms with Crippen molar-refractivity contribution in [1.29, 1.82) is 0 Å². The first kappa shape index (κ1) is 16.8. The molecule has 2 aromatic rings. The first-order valence-corrected chi connectivity index (χ1v) is 9.64. The summed E-state index contributed by atoms with van der Waals surface area (Å²) in [7, 11) is -3.75. The highest BCUT2D eigenvalue weighted by molar-refractivity contribution is 8.15. The quantitative estimate of drug-likeness (QED) is 0.852. The van der Waals surface area contributed by atoms with Gasteiger partial charge in [-0.05, 0) is 30.3 Å². The molecule has 0 atom stereocenters. The van der Waals surface area contributed by atoms with Crippen LogP contribution in [0.25, 0.3) is 0 Å². The van der Waals surface area contributed by atoms with Gasteiger partial charge in [0.1, 0.15) is 4.90 Å². The van der Waals surface area contributed by atoms with Crippen molar-refractivity contribution in [3.63, 3.8) is 0 Å². The molecular formula is C15H12ClN3O3S2. The van der Waals surface area contributed by atoms with E-state index in [1.165, 1.54) is 6.07 Å². The Bertz CT molecular complexity index is 929. The van der Waals surface area contributed by atoms with E-state index in [0.29, 0.717) is 16.4 Å². The molecule has 1 aliphatic heterocycles. The number of para-hydroxylation sites is 1. The summed E-state index contributed by atoms with van der Waals surface area (Å²) >= 11 is 6.86. The number of benzene rings is 2. The number of amidine groups is 1. The number of halogens is 1. The van der Waals surface area contributed by atoms with Gasteiger partial charge in [-0.25, -0.2) is 0 Å². The van der Waals surface area contributed by atoms with E-state index in [1.807, 2.05) is 0 Å². The molecule has 9 heteroatoms. The number of amides is 1. The molecule has 0 aromatic heterocycles. The van der Waals surface area contributed by atoms with Gasteiger partial charge in [-0.3, -0.25) is 4.79 Å². The number of rotatable bonds is 3. The van der Waals surface area contributed by atoms with Crippen LogP contribution in [-0.2, 0) is 14.8 Å². The minimum atomic E-state index is -3.75. The molecule has 2 N–H and O–H groups in total. The van der Waals surface area contributed by atoms with Crippen molar-refractivity contribution in [3.05, 3.63) is 53.6 Å². The largest absolute Gasteiger partial charge is 0.333 e. The Kier molecular flexibility index (Phi) is 4.79. The Hall–Kier alpha value is -2.03. The highest BCUT2D eigenvalue weighted by atomic mass is 35.5. The molecule has 124 valence electrons. The Morgan fingerprint density at radius 3 is 2.79 bits per heavy atom. The van der Waals surface area contributed by atoms with Crippen molar-refractivity contribution in [3.8, 4) is 0 Å². The molecule has 0 saturated carbocycles. The van der Waals surface area contributed by atoms with Crippen LogP contribution in [0.4, 0.5) is 11.4 Å². The average molecular weight is 382 g/mol. The number of anilines is 2. The topological polar surface area (TPSA) is 87.6 Å². The Balaban J connectivity index is 1.65. The van der Waals surface area contributed by atoms with Gasteiger partial charge in [-0.1, -0.05) is 41.6 Å². The average Bonchev–Trinajstić information content (AvgIpc) is 2.52. The highest BCUT2D eigenvalue weighted by Gasteiger charge is 2.24. The molecule has 1 heterocycles. The zero-order chi connectivity index (χ0) is 17.2. The van der Waals surface area contributed by atoms with Crippen molar-refractivity contribution in [2.75, 3.05) is 16.4 Å². The second-order valence-electron chi connectivity index (χ2n) is 4.84. The lowest BCUT2D eigenvalue weighted by molar-refractivity contribution is -0.113. The molecule has 0 saturated heterocycles. The number of hydrogen-bond donors (Lipinski definition) is 2. The van der Waals surface area contributed by atoms with Gasteiger partial charge < -0.3 is 10.6 Å². The standard InChI is InChI=1S/C15H12ClN3O3S2/c16-10-4-3-5-11(8-10)17-14(20)9-23-15-18-12-6-1-2-7-13(12)24(21,22)19-15/h1-8H,9H2,(H,17,20)(H,18,19).